The van der Waals surface area contributed by atoms with Crippen LogP contribution in [0.15, 0.2) is 72.8 Å². The summed E-state index contributed by atoms with van der Waals surface area (Å²) in [5.74, 6) is 0. The van der Waals surface area contributed by atoms with E-state index in [1.807, 2.05) is 6.07 Å². The van der Waals surface area contributed by atoms with E-state index < -0.39 is 0 Å². The molecule has 0 saturated carbocycles. The molecule has 0 aliphatic carbocycles. The van der Waals surface area contributed by atoms with Crippen LogP contribution in [0.3, 0.4) is 0 Å². The quantitative estimate of drug-likeness (QED) is 0.635. The minimum Gasteiger partial charge on any atom is -0.385 e. The Bertz CT molecular complexity index is 687. The van der Waals surface area contributed by atoms with Crippen LogP contribution >= 0.6 is 0 Å². The fourth-order valence-electron chi connectivity index (χ4n) is 2.48. The summed E-state index contributed by atoms with van der Waals surface area (Å²) in [6.07, 6.45) is 1.08. The van der Waals surface area contributed by atoms with Crippen LogP contribution < -0.4 is 10.6 Å². The van der Waals surface area contributed by atoms with Gasteiger partial charge in [0.1, 0.15) is 0 Å². The third-order valence-electron chi connectivity index (χ3n) is 3.56. The maximum atomic E-state index is 3.53. The van der Waals surface area contributed by atoms with Gasteiger partial charge >= 0.3 is 0 Å². The Morgan fingerprint density at radius 1 is 0.619 bits per heavy atom. The molecule has 0 amide bonds. The van der Waals surface area contributed by atoms with Gasteiger partial charge < -0.3 is 10.6 Å². The van der Waals surface area contributed by atoms with Gasteiger partial charge in [-0.2, -0.15) is 0 Å². The lowest BCUT2D eigenvalue weighted by Gasteiger charge is -2.10. The first kappa shape index (κ1) is 13.5. The molecule has 0 saturated heterocycles. The van der Waals surface area contributed by atoms with Crippen LogP contribution in [0.5, 0.6) is 0 Å². The molecule has 0 bridgehead atoms. The van der Waals surface area contributed by atoms with Crippen LogP contribution in [0.25, 0.3) is 10.8 Å². The van der Waals surface area contributed by atoms with Crippen LogP contribution in [0.1, 0.15) is 6.42 Å². The van der Waals surface area contributed by atoms with Crippen LogP contribution in [-0.2, 0) is 0 Å². The molecule has 0 heterocycles. The first-order valence-electron chi connectivity index (χ1n) is 7.44. The SMILES string of the molecule is c1ccc(NCCCNc2cccc3ccccc23)cc1. The van der Waals surface area contributed by atoms with Crippen LogP contribution in [-0.4, -0.2) is 13.1 Å². The summed E-state index contributed by atoms with van der Waals surface area (Å²) >= 11 is 0. The van der Waals surface area contributed by atoms with Crippen molar-refractivity contribution < 1.29 is 0 Å². The fraction of sp³-hybridized carbons (Fsp3) is 0.158. The van der Waals surface area contributed by atoms with Gasteiger partial charge in [0.05, 0.1) is 0 Å². The van der Waals surface area contributed by atoms with E-state index in [4.69, 9.17) is 0 Å². The van der Waals surface area contributed by atoms with Gasteiger partial charge in [0, 0.05) is 29.9 Å². The minimum absolute atomic E-state index is 0.966. The summed E-state index contributed by atoms with van der Waals surface area (Å²) in [6, 6.07) is 25.2. The highest BCUT2D eigenvalue weighted by molar-refractivity contribution is 5.93. The smallest absolute Gasteiger partial charge is 0.0419 e. The largest absolute Gasteiger partial charge is 0.385 e. The van der Waals surface area contributed by atoms with Crippen molar-refractivity contribution in [3.63, 3.8) is 0 Å². The average molecular weight is 276 g/mol. The molecule has 3 rings (SSSR count). The van der Waals surface area contributed by atoms with Crippen molar-refractivity contribution in [3.8, 4) is 0 Å². The lowest BCUT2D eigenvalue weighted by Crippen LogP contribution is -2.09. The monoisotopic (exact) mass is 276 g/mol. The van der Waals surface area contributed by atoms with Gasteiger partial charge in [-0.25, -0.2) is 0 Å². The molecular weight excluding hydrogens is 256 g/mol. The molecule has 2 heteroatoms. The second-order valence-electron chi connectivity index (χ2n) is 5.10. The Hall–Kier alpha value is -2.48. The summed E-state index contributed by atoms with van der Waals surface area (Å²) in [5, 5.41) is 9.53. The number of hydrogen-bond donors (Lipinski definition) is 2. The van der Waals surface area contributed by atoms with Crippen LogP contribution in [0.2, 0.25) is 0 Å². The number of hydrogen-bond acceptors (Lipinski definition) is 2. The Labute approximate surface area is 125 Å². The molecule has 0 spiro atoms. The van der Waals surface area contributed by atoms with Gasteiger partial charge in [0.2, 0.25) is 0 Å². The topological polar surface area (TPSA) is 24.1 Å². The van der Waals surface area contributed by atoms with E-state index in [0.29, 0.717) is 0 Å². The van der Waals surface area contributed by atoms with Gasteiger partial charge in [-0.3, -0.25) is 0 Å². The van der Waals surface area contributed by atoms with Gasteiger partial charge in [-0.05, 0) is 30.0 Å². The van der Waals surface area contributed by atoms with E-state index in [9.17, 15) is 0 Å². The maximum absolute atomic E-state index is 3.53. The molecule has 0 fully saturated rings. The third-order valence-corrected chi connectivity index (χ3v) is 3.56. The first-order chi connectivity index (χ1) is 10.4. The predicted molar refractivity (Wildman–Crippen MR) is 92.0 cm³/mol. The molecule has 0 aliphatic rings. The second kappa shape index (κ2) is 6.80. The van der Waals surface area contributed by atoms with Gasteiger partial charge in [-0.1, -0.05) is 54.6 Å². The molecule has 3 aromatic rings. The number of benzene rings is 3. The lowest BCUT2D eigenvalue weighted by atomic mass is 10.1. The van der Waals surface area contributed by atoms with Crippen molar-refractivity contribution >= 4 is 22.1 Å². The van der Waals surface area contributed by atoms with E-state index in [-0.39, 0.29) is 0 Å². The van der Waals surface area contributed by atoms with Crippen LogP contribution in [0.4, 0.5) is 11.4 Å². The zero-order chi connectivity index (χ0) is 14.3. The van der Waals surface area contributed by atoms with Crippen molar-refractivity contribution in [3.05, 3.63) is 72.8 Å². The zero-order valence-electron chi connectivity index (χ0n) is 12.0. The maximum Gasteiger partial charge on any atom is 0.0419 e. The van der Waals surface area contributed by atoms with Crippen molar-refractivity contribution in [1.82, 2.24) is 0 Å². The molecule has 0 atom stereocenters. The number of nitrogens with one attached hydrogen (secondary N) is 2. The number of fused-ring (bicyclic) bond motifs is 1. The van der Waals surface area contributed by atoms with E-state index in [0.717, 1.165) is 19.5 Å². The summed E-state index contributed by atoms with van der Waals surface area (Å²) in [6.45, 7) is 1.94. The molecule has 0 radical (unpaired) electrons. The minimum atomic E-state index is 0.966. The molecule has 0 aromatic heterocycles. The summed E-state index contributed by atoms with van der Waals surface area (Å²) in [4.78, 5) is 0. The Morgan fingerprint density at radius 2 is 1.33 bits per heavy atom. The van der Waals surface area contributed by atoms with Gasteiger partial charge in [-0.15, -0.1) is 0 Å². The summed E-state index contributed by atoms with van der Waals surface area (Å²) in [5.41, 5.74) is 2.40. The van der Waals surface area contributed by atoms with Crippen molar-refractivity contribution in [1.29, 1.82) is 0 Å². The third kappa shape index (κ3) is 3.54. The Balaban J connectivity index is 1.51. The average Bonchev–Trinajstić information content (AvgIpc) is 2.56. The fourth-order valence-corrected chi connectivity index (χ4v) is 2.48. The first-order valence-corrected chi connectivity index (χ1v) is 7.44. The van der Waals surface area contributed by atoms with E-state index >= 15 is 0 Å². The van der Waals surface area contributed by atoms with Gasteiger partial charge in [0.25, 0.3) is 0 Å². The number of para-hydroxylation sites is 1. The van der Waals surface area contributed by atoms with Crippen LogP contribution in [0, 0.1) is 0 Å². The molecular formula is C19H20N2. The van der Waals surface area contributed by atoms with Crippen molar-refractivity contribution in [2.75, 3.05) is 23.7 Å². The summed E-state index contributed by atoms with van der Waals surface area (Å²) in [7, 11) is 0. The molecule has 2 nitrogen and oxygen atoms in total. The van der Waals surface area contributed by atoms with E-state index in [1.165, 1.54) is 22.1 Å². The molecule has 2 N–H and O–H groups in total. The molecule has 3 aromatic carbocycles. The normalized spacial score (nSPS) is 10.5. The number of anilines is 2. The van der Waals surface area contributed by atoms with Crippen molar-refractivity contribution in [2.45, 2.75) is 6.42 Å². The van der Waals surface area contributed by atoms with E-state index in [2.05, 4.69) is 77.4 Å². The zero-order valence-corrected chi connectivity index (χ0v) is 12.0. The predicted octanol–water partition coefficient (Wildman–Crippen LogP) is 4.75. The Kier molecular flexibility index (Phi) is 4.37. The summed E-state index contributed by atoms with van der Waals surface area (Å²) < 4.78 is 0. The highest BCUT2D eigenvalue weighted by Gasteiger charge is 1.98. The number of rotatable bonds is 6. The Morgan fingerprint density at radius 3 is 2.24 bits per heavy atom. The molecule has 0 aliphatic heterocycles. The second-order valence-corrected chi connectivity index (χ2v) is 5.10. The van der Waals surface area contributed by atoms with Gasteiger partial charge in [0.15, 0.2) is 0 Å². The molecule has 0 unspecified atom stereocenters. The highest BCUT2D eigenvalue weighted by Crippen LogP contribution is 2.22. The molecule has 21 heavy (non-hydrogen) atoms. The lowest BCUT2D eigenvalue weighted by molar-refractivity contribution is 0.910. The van der Waals surface area contributed by atoms with Crippen molar-refractivity contribution in [2.24, 2.45) is 0 Å². The molecule has 106 valence electrons. The highest BCUT2D eigenvalue weighted by atomic mass is 14.9. The standard InChI is InChI=1S/C19H20N2/c1-2-10-17(11-3-1)20-14-7-15-21-19-13-6-9-16-8-4-5-12-18(16)19/h1-6,8-13,20-21H,7,14-15H2. The van der Waals surface area contributed by atoms with E-state index in [1.54, 1.807) is 0 Å².